The molecule has 0 saturated heterocycles. The largest absolute Gasteiger partial charge is 0.867 e. The number of rotatable bonds is 3. The second-order valence-corrected chi connectivity index (χ2v) is 22.9. The molecule has 8 atom stereocenters. The van der Waals surface area contributed by atoms with Crippen LogP contribution in [-0.4, -0.2) is 92.0 Å². The number of amides is 6. The number of hydrogen-bond acceptors (Lipinski definition) is 21. The Bertz CT molecular complexity index is 4390. The molecule has 0 aliphatic carbocycles. The van der Waals surface area contributed by atoms with E-state index in [2.05, 4.69) is 41.8 Å². The molecule has 0 radical (unpaired) electrons. The summed E-state index contributed by atoms with van der Waals surface area (Å²) in [7, 11) is -5.51. The van der Waals surface area contributed by atoms with E-state index in [-0.39, 0.29) is 33.2 Å². The average molecular weight is 1310 g/mol. The van der Waals surface area contributed by atoms with Crippen molar-refractivity contribution in [1.82, 2.24) is 31.9 Å². The number of halogens is 3. The van der Waals surface area contributed by atoms with Crippen LogP contribution in [0.2, 0.25) is 15.1 Å². The molecule has 14 N–H and O–H groups in total. The van der Waals surface area contributed by atoms with Gasteiger partial charge in [-0.3, -0.25) is 28.8 Å². The summed E-state index contributed by atoms with van der Waals surface area (Å²) in [5.74, 6) is -18.0. The fourth-order valence-corrected chi connectivity index (χ4v) is 11.5. The Labute approximate surface area is 520 Å². The standard InChI is InChI=1S/C58H44Cl3N7O21S/c59-31-7-20-1-4-36(31)87-40-15-25-16-41(51(40)74)88-37-5-3-22(12-32(37)60)49(72)48-57(80)67-47(58(81)82)29-18-27(70)19-35(71)42(29)30-11-24(13-33(61)50(30)73)45(56(79)68-48)65-55(78)46(25)66-54(77)44-23-9-26(69)17-28(10-23)86-39-14-21(2-6-38(39)89-90(83,84)85)43(62)53(76)63-34(8-20)52(75)64-44/h1-7,9-19,34,43-49,69-74H,8,62H2,(H,63,76)(H,64,75)(H,65,78)(H,66,77)(H,67,80)(H,68,79)(H,81,82)(H,83,84,85)/p-2/t34-,43+,44-,45+,46+,47+,48-,49+/m0/s1. The summed E-state index contributed by atoms with van der Waals surface area (Å²) in [6.07, 6.45) is -2.64. The first-order valence-electron chi connectivity index (χ1n) is 26.3. The number of phenolic OH excluding ortho intramolecular Hbond substituents is 4. The molecular formula is C58H42Cl3N7O21S-2. The number of aliphatic hydroxyl groups excluding tert-OH is 1. The molecule has 28 nitrogen and oxygen atoms in total. The topological polar surface area (TPSA) is 461 Å². The van der Waals surface area contributed by atoms with Crippen LogP contribution in [0.3, 0.4) is 0 Å². The summed E-state index contributed by atoms with van der Waals surface area (Å²) < 4.78 is 58.6. The Balaban J connectivity index is 1.15. The molecule has 32 heteroatoms. The molecule has 0 spiro atoms. The normalized spacial score (nSPS) is 21.6. The van der Waals surface area contributed by atoms with E-state index < -0.39 is 208 Å². The van der Waals surface area contributed by atoms with Crippen molar-refractivity contribution < 1.29 is 106 Å². The minimum Gasteiger partial charge on any atom is -0.867 e. The van der Waals surface area contributed by atoms with Crippen molar-refractivity contribution in [2.75, 3.05) is 0 Å². The highest BCUT2D eigenvalue weighted by atomic mass is 35.5. The highest BCUT2D eigenvalue weighted by Crippen LogP contribution is 2.49. The number of quaternary nitrogens is 1. The third kappa shape index (κ3) is 12.2. The zero-order chi connectivity index (χ0) is 64.5. The number of carboxylic acids is 1. The van der Waals surface area contributed by atoms with Crippen molar-refractivity contribution in [2.24, 2.45) is 0 Å². The van der Waals surface area contributed by atoms with E-state index in [0.29, 0.717) is 0 Å². The summed E-state index contributed by atoms with van der Waals surface area (Å²) in [4.78, 5) is 103. The van der Waals surface area contributed by atoms with Gasteiger partial charge in [-0.2, -0.15) is 0 Å². The Morgan fingerprint density at radius 1 is 0.578 bits per heavy atom. The maximum atomic E-state index is 15.8. The van der Waals surface area contributed by atoms with Crippen LogP contribution < -0.4 is 66.2 Å². The maximum Gasteiger partial charge on any atom is 0.283 e. The fourth-order valence-electron chi connectivity index (χ4n) is 10.5. The van der Waals surface area contributed by atoms with Gasteiger partial charge in [-0.25, -0.2) is 8.42 Å². The summed E-state index contributed by atoms with van der Waals surface area (Å²) in [5, 5.41) is 98.1. The van der Waals surface area contributed by atoms with Gasteiger partial charge in [0.05, 0.1) is 27.1 Å². The first kappa shape index (κ1) is 61.4. The quantitative estimate of drug-likeness (QED) is 0.0890. The van der Waals surface area contributed by atoms with Gasteiger partial charge in [-0.15, -0.1) is 0 Å². The van der Waals surface area contributed by atoms with Crippen LogP contribution in [0.5, 0.6) is 69.0 Å². The second-order valence-electron chi connectivity index (χ2n) is 20.7. The Hall–Kier alpha value is -10.3. The predicted octanol–water partition coefficient (Wildman–Crippen LogP) is 2.09. The molecule has 90 heavy (non-hydrogen) atoms. The molecule has 6 aliphatic rings. The molecular weight excluding hydrogens is 1270 g/mol. The third-order valence-electron chi connectivity index (χ3n) is 14.7. The minimum atomic E-state index is -5.51. The zero-order valence-corrected chi connectivity index (χ0v) is 48.3. The average Bonchev–Trinajstić information content (AvgIpc) is 0.775. The van der Waals surface area contributed by atoms with Gasteiger partial charge in [-0.05, 0) is 124 Å². The van der Waals surface area contributed by atoms with Crippen LogP contribution in [0.15, 0.2) is 109 Å². The molecule has 17 bridgehead atoms. The molecule has 0 aromatic heterocycles. The molecule has 7 aromatic rings. The number of carbonyl (C=O) groups is 7. The van der Waals surface area contributed by atoms with Gasteiger partial charge >= 0.3 is 0 Å². The van der Waals surface area contributed by atoms with Crippen molar-refractivity contribution >= 4 is 86.6 Å². The highest BCUT2D eigenvalue weighted by molar-refractivity contribution is 7.81. The lowest BCUT2D eigenvalue weighted by molar-refractivity contribution is -0.409. The minimum absolute atomic E-state index is 0.0113. The second kappa shape index (κ2) is 23.7. The molecule has 464 valence electrons. The van der Waals surface area contributed by atoms with Gasteiger partial charge in [-0.1, -0.05) is 46.9 Å². The monoisotopic (exact) mass is 1310 g/mol. The van der Waals surface area contributed by atoms with E-state index in [1.807, 2.05) is 0 Å². The number of nitrogens with one attached hydrogen (secondary N) is 6. The van der Waals surface area contributed by atoms with Crippen molar-refractivity contribution in [3.05, 3.63) is 163 Å². The van der Waals surface area contributed by atoms with Crippen LogP contribution >= 0.6 is 34.8 Å². The lowest BCUT2D eigenvalue weighted by atomic mass is 9.89. The molecule has 0 fully saturated rings. The highest BCUT2D eigenvalue weighted by Gasteiger charge is 2.41. The molecule has 6 heterocycles. The molecule has 6 aliphatic heterocycles. The van der Waals surface area contributed by atoms with E-state index in [1.165, 1.54) is 24.3 Å². The van der Waals surface area contributed by atoms with E-state index in [0.717, 1.165) is 84.9 Å². The van der Waals surface area contributed by atoms with Crippen LogP contribution in [0.25, 0.3) is 11.1 Å². The van der Waals surface area contributed by atoms with Gasteiger partial charge in [0.1, 0.15) is 88.1 Å². The Morgan fingerprint density at radius 2 is 1.14 bits per heavy atom. The number of benzene rings is 7. The molecule has 0 unspecified atom stereocenters. The first-order valence-corrected chi connectivity index (χ1v) is 28.8. The number of carbonyl (C=O) groups excluding carboxylic acids is 7. The van der Waals surface area contributed by atoms with Crippen molar-refractivity contribution in [3.8, 4) is 80.1 Å². The maximum absolute atomic E-state index is 15.8. The van der Waals surface area contributed by atoms with Crippen LogP contribution in [0.1, 0.15) is 75.3 Å². The number of carboxylic acid groups (broad SMARTS) is 1. The van der Waals surface area contributed by atoms with Crippen molar-refractivity contribution in [2.45, 2.75) is 54.8 Å². The Kier molecular flexibility index (Phi) is 16.2. The van der Waals surface area contributed by atoms with Crippen molar-refractivity contribution in [1.29, 1.82) is 0 Å². The predicted molar refractivity (Wildman–Crippen MR) is 302 cm³/mol. The van der Waals surface area contributed by atoms with E-state index in [9.17, 15) is 67.9 Å². The summed E-state index contributed by atoms with van der Waals surface area (Å²) in [5.41, 5.74) is 0.698. The van der Waals surface area contributed by atoms with Gasteiger partial charge in [0.25, 0.3) is 16.3 Å². The van der Waals surface area contributed by atoms with E-state index >= 15 is 14.4 Å². The Morgan fingerprint density at radius 3 is 1.78 bits per heavy atom. The fraction of sp³-hybridized carbons (Fsp3) is 0.155. The number of phenols is 4. The van der Waals surface area contributed by atoms with Gasteiger partial charge < -0.3 is 101 Å². The van der Waals surface area contributed by atoms with Gasteiger partial charge in [0.15, 0.2) is 17.5 Å². The number of aliphatic carboxylic acids is 1. The lowest BCUT2D eigenvalue weighted by Crippen LogP contribution is -2.62. The summed E-state index contributed by atoms with van der Waals surface area (Å²) >= 11 is 20.3. The number of ether oxygens (including phenoxy) is 3. The molecule has 13 rings (SSSR count). The number of hydrogen-bond donors (Lipinski definition) is 12. The van der Waals surface area contributed by atoms with Crippen molar-refractivity contribution in [3.63, 3.8) is 0 Å². The summed E-state index contributed by atoms with van der Waals surface area (Å²) in [6, 6.07) is 4.21. The van der Waals surface area contributed by atoms with Crippen LogP contribution in [0, 0.1) is 0 Å². The SMILES string of the molecule is [NH3+][C@H]1C(=O)N[C@H]2Cc3ccc(c(Cl)c3)Oc3cc4cc(c3[O-])Oc3ccc(cc3Cl)[C@@H](O)[C@@H]3NC(=O)[C@H](NC(=O)[C@@H]4NC(=O)[C@@H](NC2=O)c2cc(O)cc(c2)Oc2cc1ccc2OS(=O)(=O)[O-])c1cc(Cl)c(O)c(c1)-c1c(O)cc(O)cc1[C@H](C(=O)[O-])NC3=O. The van der Waals surface area contributed by atoms with Crippen LogP contribution in [-0.2, 0) is 50.4 Å². The number of aromatic hydroxyl groups is 4. The number of fused-ring (bicyclic) bond motifs is 14. The zero-order valence-electron chi connectivity index (χ0n) is 45.2. The van der Waals surface area contributed by atoms with Crippen LogP contribution in [0.4, 0.5) is 0 Å². The molecule has 6 amide bonds. The van der Waals surface area contributed by atoms with E-state index in [4.69, 9.17) is 49.0 Å². The first-order chi connectivity index (χ1) is 42.6. The smallest absolute Gasteiger partial charge is 0.283 e. The van der Waals surface area contributed by atoms with E-state index in [1.54, 1.807) is 0 Å². The third-order valence-corrected chi connectivity index (χ3v) is 16.0. The van der Waals surface area contributed by atoms with Gasteiger partial charge in [0.2, 0.25) is 29.5 Å². The summed E-state index contributed by atoms with van der Waals surface area (Å²) in [6.45, 7) is 0. The van der Waals surface area contributed by atoms with Gasteiger partial charge in [0, 0.05) is 35.2 Å². The molecule has 0 saturated carbocycles. The number of aliphatic hydroxyl groups is 1. The lowest BCUT2D eigenvalue weighted by Gasteiger charge is -2.32. The molecule has 7 aromatic carbocycles.